The van der Waals surface area contributed by atoms with Gasteiger partial charge in [0.2, 0.25) is 0 Å². The lowest BCUT2D eigenvalue weighted by molar-refractivity contribution is -0.154. The van der Waals surface area contributed by atoms with Crippen LogP contribution in [0.5, 0.6) is 0 Å². The summed E-state index contributed by atoms with van der Waals surface area (Å²) < 4.78 is 4.70. The highest BCUT2D eigenvalue weighted by Crippen LogP contribution is 2.38. The van der Waals surface area contributed by atoms with E-state index in [1.807, 2.05) is 0 Å². The van der Waals surface area contributed by atoms with Crippen molar-refractivity contribution in [1.29, 1.82) is 0 Å². The normalized spacial score (nSPS) is 23.9. The molecule has 3 N–H and O–H groups in total. The molecule has 0 saturated carbocycles. The van der Waals surface area contributed by atoms with Gasteiger partial charge < -0.3 is 20.5 Å². The van der Waals surface area contributed by atoms with E-state index in [1.165, 1.54) is 12.0 Å². The number of aliphatic hydroxyl groups excluding tert-OH is 1. The molecule has 2 heterocycles. The lowest BCUT2D eigenvalue weighted by atomic mass is 9.95. The van der Waals surface area contributed by atoms with Gasteiger partial charge in [-0.15, -0.1) is 12.3 Å². The molecule has 8 nitrogen and oxygen atoms in total. The second-order valence-corrected chi connectivity index (χ2v) is 5.91. The SMILES string of the molecule is C#CCCC1(C[C@@H](N)[C@H](O)C(=O)N2CCC[C@H]2C(=O)OC)N=N1. The first-order valence-electron chi connectivity index (χ1n) is 7.63. The van der Waals surface area contributed by atoms with Crippen molar-refractivity contribution in [3.8, 4) is 12.3 Å². The van der Waals surface area contributed by atoms with Gasteiger partial charge in [-0.3, -0.25) is 4.79 Å². The minimum absolute atomic E-state index is 0.248. The first kappa shape index (κ1) is 17.4. The molecule has 0 spiro atoms. The second-order valence-electron chi connectivity index (χ2n) is 5.91. The third kappa shape index (κ3) is 3.86. The van der Waals surface area contributed by atoms with Crippen LogP contribution in [-0.4, -0.2) is 59.4 Å². The van der Waals surface area contributed by atoms with Crippen molar-refractivity contribution in [3.63, 3.8) is 0 Å². The molecule has 0 aromatic rings. The molecule has 2 aliphatic rings. The highest BCUT2D eigenvalue weighted by molar-refractivity contribution is 5.87. The number of nitrogens with zero attached hydrogens (tertiary/aromatic N) is 3. The minimum atomic E-state index is -1.41. The molecular weight excluding hydrogens is 300 g/mol. The van der Waals surface area contributed by atoms with E-state index in [-0.39, 0.29) is 6.42 Å². The number of aliphatic hydroxyl groups is 1. The highest BCUT2D eigenvalue weighted by Gasteiger charge is 2.45. The maximum absolute atomic E-state index is 12.4. The zero-order valence-electron chi connectivity index (χ0n) is 13.1. The van der Waals surface area contributed by atoms with Crippen LogP contribution in [0.2, 0.25) is 0 Å². The average Bonchev–Trinajstić information content (AvgIpc) is 3.13. The predicted molar refractivity (Wildman–Crippen MR) is 81.0 cm³/mol. The molecule has 0 radical (unpaired) electrons. The smallest absolute Gasteiger partial charge is 0.328 e. The Morgan fingerprint density at radius 2 is 2.26 bits per heavy atom. The largest absolute Gasteiger partial charge is 0.467 e. The van der Waals surface area contributed by atoms with Crippen molar-refractivity contribution in [2.24, 2.45) is 16.0 Å². The molecule has 0 aromatic carbocycles. The first-order chi connectivity index (χ1) is 10.9. The number of rotatable bonds is 7. The summed E-state index contributed by atoms with van der Waals surface area (Å²) in [6.07, 6.45) is 6.32. The van der Waals surface area contributed by atoms with Gasteiger partial charge >= 0.3 is 5.97 Å². The minimum Gasteiger partial charge on any atom is -0.467 e. The monoisotopic (exact) mass is 322 g/mol. The Morgan fingerprint density at radius 3 is 2.83 bits per heavy atom. The summed E-state index contributed by atoms with van der Waals surface area (Å²) in [5.74, 6) is 1.47. The van der Waals surface area contributed by atoms with Crippen LogP contribution in [0.3, 0.4) is 0 Å². The number of likely N-dealkylation sites (tertiary alicyclic amines) is 1. The summed E-state index contributed by atoms with van der Waals surface area (Å²) in [5, 5.41) is 18.1. The van der Waals surface area contributed by atoms with E-state index in [9.17, 15) is 14.7 Å². The summed E-state index contributed by atoms with van der Waals surface area (Å²) in [5.41, 5.74) is 5.29. The Labute approximate surface area is 135 Å². The summed E-state index contributed by atoms with van der Waals surface area (Å²) in [6.45, 7) is 0.402. The maximum atomic E-state index is 12.4. The molecule has 8 heteroatoms. The van der Waals surface area contributed by atoms with E-state index in [4.69, 9.17) is 16.9 Å². The van der Waals surface area contributed by atoms with Crippen molar-refractivity contribution < 1.29 is 19.4 Å². The van der Waals surface area contributed by atoms with Gasteiger partial charge in [0.25, 0.3) is 5.91 Å². The number of esters is 1. The number of carbonyl (C=O) groups excluding carboxylic acids is 2. The molecule has 2 aliphatic heterocycles. The van der Waals surface area contributed by atoms with E-state index >= 15 is 0 Å². The van der Waals surface area contributed by atoms with Gasteiger partial charge in [0.1, 0.15) is 12.1 Å². The van der Waals surface area contributed by atoms with Crippen molar-refractivity contribution in [2.45, 2.75) is 56.0 Å². The average molecular weight is 322 g/mol. The number of amides is 1. The molecule has 2 rings (SSSR count). The lowest BCUT2D eigenvalue weighted by Gasteiger charge is -2.28. The van der Waals surface area contributed by atoms with Gasteiger partial charge in [-0.1, -0.05) is 0 Å². The van der Waals surface area contributed by atoms with Crippen LogP contribution in [0.25, 0.3) is 0 Å². The zero-order chi connectivity index (χ0) is 17.0. The van der Waals surface area contributed by atoms with Crippen molar-refractivity contribution in [3.05, 3.63) is 0 Å². The lowest BCUT2D eigenvalue weighted by Crippen LogP contribution is -2.52. The zero-order valence-corrected chi connectivity index (χ0v) is 13.1. The highest BCUT2D eigenvalue weighted by atomic mass is 16.5. The molecule has 23 heavy (non-hydrogen) atoms. The van der Waals surface area contributed by atoms with Crippen LogP contribution >= 0.6 is 0 Å². The summed E-state index contributed by atoms with van der Waals surface area (Å²) in [4.78, 5) is 25.5. The molecular formula is C15H22N4O4. The fourth-order valence-electron chi connectivity index (χ4n) is 2.88. The van der Waals surface area contributed by atoms with Crippen LogP contribution in [0.4, 0.5) is 0 Å². The molecule has 0 aromatic heterocycles. The predicted octanol–water partition coefficient (Wildman–Crippen LogP) is -0.196. The summed E-state index contributed by atoms with van der Waals surface area (Å²) in [6, 6.07) is -1.48. The van der Waals surface area contributed by atoms with Crippen LogP contribution in [0.15, 0.2) is 10.2 Å². The Balaban J connectivity index is 1.94. The van der Waals surface area contributed by atoms with Gasteiger partial charge in [0, 0.05) is 31.8 Å². The van der Waals surface area contributed by atoms with Crippen LogP contribution in [-0.2, 0) is 14.3 Å². The number of nitrogens with two attached hydrogens (primary N) is 1. The van der Waals surface area contributed by atoms with E-state index in [1.54, 1.807) is 0 Å². The molecule has 1 saturated heterocycles. The quantitative estimate of drug-likeness (QED) is 0.497. The van der Waals surface area contributed by atoms with E-state index in [0.29, 0.717) is 32.2 Å². The first-order valence-corrected chi connectivity index (χ1v) is 7.63. The number of hydrogen-bond acceptors (Lipinski definition) is 7. The van der Waals surface area contributed by atoms with Gasteiger partial charge in [-0.2, -0.15) is 10.2 Å². The number of carbonyl (C=O) groups is 2. The molecule has 0 unspecified atom stereocenters. The molecule has 126 valence electrons. The number of ether oxygens (including phenoxy) is 1. The van der Waals surface area contributed by atoms with Gasteiger partial charge in [-0.25, -0.2) is 4.79 Å². The standard InChI is InChI=1S/C15H22N4O4/c1-3-4-7-15(17-18-15)9-10(16)12(20)13(21)19-8-5-6-11(19)14(22)23-2/h1,10-12,20H,4-9,16H2,2H3/t10-,11+,12+/m1/s1. The topological polar surface area (TPSA) is 118 Å². The molecule has 1 amide bonds. The fraction of sp³-hybridized carbons (Fsp3) is 0.733. The van der Waals surface area contributed by atoms with E-state index in [0.717, 1.165) is 0 Å². The van der Waals surface area contributed by atoms with Gasteiger partial charge in [0.15, 0.2) is 5.66 Å². The Hall–Kier alpha value is -1.98. The Kier molecular flexibility index (Phi) is 5.34. The molecule has 0 bridgehead atoms. The van der Waals surface area contributed by atoms with Gasteiger partial charge in [-0.05, 0) is 12.8 Å². The van der Waals surface area contributed by atoms with E-state index in [2.05, 4.69) is 16.1 Å². The van der Waals surface area contributed by atoms with Crippen LogP contribution in [0, 0.1) is 12.3 Å². The Morgan fingerprint density at radius 1 is 1.57 bits per heavy atom. The van der Waals surface area contributed by atoms with Gasteiger partial charge in [0.05, 0.1) is 7.11 Å². The van der Waals surface area contributed by atoms with E-state index < -0.39 is 35.7 Å². The number of terminal acetylenes is 1. The Bertz CT molecular complexity index is 536. The summed E-state index contributed by atoms with van der Waals surface area (Å²) >= 11 is 0. The van der Waals surface area contributed by atoms with Crippen molar-refractivity contribution in [2.75, 3.05) is 13.7 Å². The van der Waals surface area contributed by atoms with Crippen molar-refractivity contribution in [1.82, 2.24) is 4.90 Å². The fourth-order valence-corrected chi connectivity index (χ4v) is 2.88. The van der Waals surface area contributed by atoms with Crippen molar-refractivity contribution >= 4 is 11.9 Å². The van der Waals surface area contributed by atoms with Crippen LogP contribution in [0.1, 0.15) is 32.1 Å². The summed E-state index contributed by atoms with van der Waals surface area (Å²) in [7, 11) is 1.27. The molecule has 3 atom stereocenters. The third-order valence-corrected chi connectivity index (χ3v) is 4.28. The van der Waals surface area contributed by atoms with Crippen LogP contribution < -0.4 is 5.73 Å². The third-order valence-electron chi connectivity index (χ3n) is 4.28. The molecule has 0 aliphatic carbocycles. The second kappa shape index (κ2) is 7.06. The number of methoxy groups -OCH3 is 1. The molecule has 1 fully saturated rings. The number of hydrogen-bond donors (Lipinski definition) is 2. The maximum Gasteiger partial charge on any atom is 0.328 e.